The fourth-order valence-corrected chi connectivity index (χ4v) is 9.61. The topological polar surface area (TPSA) is 124 Å². The van der Waals surface area contributed by atoms with E-state index in [2.05, 4.69) is 152 Å². The van der Waals surface area contributed by atoms with Gasteiger partial charge in [0, 0.05) is 6.20 Å². The van der Waals surface area contributed by atoms with Crippen LogP contribution >= 0.6 is 0 Å². The second-order valence-corrected chi connectivity index (χ2v) is 35.8. The Morgan fingerprint density at radius 2 is 1.30 bits per heavy atom. The minimum atomic E-state index is -2.37. The number of ether oxygens (including phenoxy) is 1. The van der Waals surface area contributed by atoms with Gasteiger partial charge in [0.25, 0.3) is 0 Å². The van der Waals surface area contributed by atoms with Gasteiger partial charge in [0.2, 0.25) is 0 Å². The number of anilines is 1. The molecule has 0 bridgehead atoms. The van der Waals surface area contributed by atoms with Crippen LogP contribution in [0.2, 0.25) is 54.4 Å². The van der Waals surface area contributed by atoms with Crippen molar-refractivity contribution in [1.82, 2.24) is 29.3 Å². The Morgan fingerprint density at radius 1 is 0.750 bits per heavy atom. The number of hydrogen-bond acceptors (Lipinski definition) is 9. The number of imidazole rings is 1. The Bertz CT molecular complexity index is 1980. The van der Waals surface area contributed by atoms with Gasteiger partial charge in [0.05, 0.1) is 31.2 Å². The lowest BCUT2D eigenvalue weighted by Crippen LogP contribution is -2.54. The standard InChI is InChI=1S/C42H71N7O4Si3/c1-39(2,3)30-21-19-28(20-22-30)24-48-25-29(23-45-48)36-46-35(43)32-37(47-36)49(27-44-32)38-34(53-56(17,18)42(10,11)12)33(52-55(15,16)41(7,8)9)31(51-38)26-50-54(13,14)40(4,5)6/h19-23,25,27,31,33-34,38H,24,26H2,1-18H3,(H2,43,46,47)/t31-,33-,34-,38?/m1/s1. The third-order valence-corrected chi connectivity index (χ3v) is 26.4. The molecule has 0 radical (unpaired) electrons. The van der Waals surface area contributed by atoms with Crippen LogP contribution in [0.4, 0.5) is 5.82 Å². The van der Waals surface area contributed by atoms with Crippen LogP contribution in [0.5, 0.6) is 0 Å². The van der Waals surface area contributed by atoms with Gasteiger partial charge < -0.3 is 23.7 Å². The Hall–Kier alpha value is -2.73. The number of nitrogen functional groups attached to an aromatic ring is 1. The quantitative estimate of drug-likeness (QED) is 0.147. The molecule has 0 saturated carbocycles. The maximum Gasteiger partial charge on any atom is 0.192 e. The minimum absolute atomic E-state index is 0.0317. The molecule has 14 heteroatoms. The van der Waals surface area contributed by atoms with Gasteiger partial charge in [-0.2, -0.15) is 5.10 Å². The molecule has 2 N–H and O–H groups in total. The molecule has 0 spiro atoms. The molecule has 4 atom stereocenters. The summed E-state index contributed by atoms with van der Waals surface area (Å²) >= 11 is 0. The van der Waals surface area contributed by atoms with Crippen molar-refractivity contribution in [1.29, 1.82) is 0 Å². The summed E-state index contributed by atoms with van der Waals surface area (Å²) in [7, 11) is -6.83. The first kappa shape index (κ1) is 44.4. The van der Waals surface area contributed by atoms with Gasteiger partial charge in [-0.05, 0) is 70.9 Å². The number of nitrogens with two attached hydrogens (primary N) is 1. The molecule has 1 unspecified atom stereocenters. The Labute approximate surface area is 339 Å². The molecular formula is C42H71N7O4Si3. The number of benzene rings is 1. The van der Waals surface area contributed by atoms with Crippen LogP contribution in [0, 0.1) is 0 Å². The number of fused-ring (bicyclic) bond motifs is 1. The van der Waals surface area contributed by atoms with Crippen molar-refractivity contribution >= 4 is 41.9 Å². The average Bonchev–Trinajstić information content (AvgIpc) is 3.76. The summed E-state index contributed by atoms with van der Waals surface area (Å²) in [6, 6.07) is 8.71. The predicted molar refractivity (Wildman–Crippen MR) is 236 cm³/mol. The molecule has 1 aliphatic heterocycles. The lowest BCUT2D eigenvalue weighted by atomic mass is 9.87. The van der Waals surface area contributed by atoms with E-state index in [0.717, 1.165) is 11.1 Å². The average molecular weight is 822 g/mol. The highest BCUT2D eigenvalue weighted by Crippen LogP contribution is 2.47. The highest BCUT2D eigenvalue weighted by Gasteiger charge is 2.55. The third-order valence-electron chi connectivity index (χ3n) is 13.0. The summed E-state index contributed by atoms with van der Waals surface area (Å²) < 4.78 is 32.7. The summed E-state index contributed by atoms with van der Waals surface area (Å²) in [5.41, 5.74) is 11.0. The molecule has 0 aliphatic carbocycles. The maximum atomic E-state index is 7.41. The number of nitrogens with zero attached hydrogens (tertiary/aromatic N) is 6. The summed E-state index contributed by atoms with van der Waals surface area (Å²) in [5, 5.41) is 4.62. The smallest absolute Gasteiger partial charge is 0.192 e. The van der Waals surface area contributed by atoms with Gasteiger partial charge in [-0.25, -0.2) is 15.0 Å². The first-order chi connectivity index (χ1) is 25.4. The number of aromatic nitrogens is 6. The highest BCUT2D eigenvalue weighted by molar-refractivity contribution is 6.75. The van der Waals surface area contributed by atoms with Gasteiger partial charge in [0.15, 0.2) is 48.5 Å². The van der Waals surface area contributed by atoms with Crippen LogP contribution in [0.3, 0.4) is 0 Å². The fourth-order valence-electron chi connectivity index (χ4n) is 5.99. The summed E-state index contributed by atoms with van der Waals surface area (Å²) in [6.07, 6.45) is 3.69. The summed E-state index contributed by atoms with van der Waals surface area (Å²) in [4.78, 5) is 14.6. The number of rotatable bonds is 11. The molecule has 0 amide bonds. The maximum absolute atomic E-state index is 7.41. The first-order valence-electron chi connectivity index (χ1n) is 20.2. The van der Waals surface area contributed by atoms with Crippen molar-refractivity contribution in [2.45, 2.75) is 174 Å². The molecule has 3 aromatic heterocycles. The SMILES string of the molecule is CC(C)(C)c1ccc(Cn2cc(-c3nc(N)c4ncn(C5O[C@H](CO[Si](C)(C)C(C)(C)C)[C@@H](O[Si](C)(C)C(C)(C)C)[C@H]5O[Si](C)(C)C(C)(C)C)c4n3)cn2)cc1. The van der Waals surface area contributed by atoms with Crippen molar-refractivity contribution in [3.05, 3.63) is 54.1 Å². The van der Waals surface area contributed by atoms with E-state index in [9.17, 15) is 0 Å². The third kappa shape index (κ3) is 9.26. The van der Waals surface area contributed by atoms with Gasteiger partial charge in [-0.15, -0.1) is 0 Å². The zero-order chi connectivity index (χ0) is 42.0. The summed E-state index contributed by atoms with van der Waals surface area (Å²) in [5.74, 6) is 0.763. The molecule has 1 aliphatic rings. The van der Waals surface area contributed by atoms with Crippen LogP contribution in [0.1, 0.15) is 100 Å². The van der Waals surface area contributed by atoms with Crippen LogP contribution < -0.4 is 5.73 Å². The van der Waals surface area contributed by atoms with E-state index < -0.39 is 37.3 Å². The molecule has 1 fully saturated rings. The van der Waals surface area contributed by atoms with E-state index in [1.165, 1.54) is 5.56 Å². The molecule has 310 valence electrons. The number of hydrogen-bond donors (Lipinski definition) is 1. The molecule has 1 saturated heterocycles. The Balaban J connectivity index is 1.57. The molecule has 11 nitrogen and oxygen atoms in total. The van der Waals surface area contributed by atoms with Crippen molar-refractivity contribution in [3.63, 3.8) is 0 Å². The fraction of sp³-hybridized carbons (Fsp3) is 0.667. The second kappa shape index (κ2) is 15.1. The molecule has 56 heavy (non-hydrogen) atoms. The van der Waals surface area contributed by atoms with Crippen molar-refractivity contribution in [2.24, 2.45) is 0 Å². The van der Waals surface area contributed by atoms with Gasteiger partial charge in [0.1, 0.15) is 23.8 Å². The van der Waals surface area contributed by atoms with Crippen LogP contribution in [-0.2, 0) is 30.0 Å². The highest BCUT2D eigenvalue weighted by atomic mass is 28.4. The van der Waals surface area contributed by atoms with E-state index in [1.54, 1.807) is 12.5 Å². The zero-order valence-electron chi connectivity index (χ0n) is 37.7. The molecule has 4 heterocycles. The van der Waals surface area contributed by atoms with Crippen LogP contribution in [-0.4, -0.2) is 79.2 Å². The minimum Gasteiger partial charge on any atom is -0.414 e. The largest absolute Gasteiger partial charge is 0.414 e. The van der Waals surface area contributed by atoms with Crippen LogP contribution in [0.25, 0.3) is 22.6 Å². The normalized spacial score (nSPS) is 20.7. The lowest BCUT2D eigenvalue weighted by Gasteiger charge is -2.44. The van der Waals surface area contributed by atoms with Crippen molar-refractivity contribution < 1.29 is 18.0 Å². The van der Waals surface area contributed by atoms with Gasteiger partial charge in [-0.1, -0.05) is 107 Å². The monoisotopic (exact) mass is 821 g/mol. The lowest BCUT2D eigenvalue weighted by molar-refractivity contribution is -0.0470. The van der Waals surface area contributed by atoms with Gasteiger partial charge in [-0.3, -0.25) is 9.25 Å². The van der Waals surface area contributed by atoms with Gasteiger partial charge >= 0.3 is 0 Å². The van der Waals surface area contributed by atoms with E-state index in [-0.39, 0.29) is 32.7 Å². The zero-order valence-corrected chi connectivity index (χ0v) is 40.7. The van der Waals surface area contributed by atoms with E-state index >= 15 is 0 Å². The van der Waals surface area contributed by atoms with E-state index in [4.69, 9.17) is 38.7 Å². The molecular weight excluding hydrogens is 751 g/mol. The molecule has 5 rings (SSSR count). The van der Waals surface area contributed by atoms with E-state index in [0.29, 0.717) is 36.0 Å². The van der Waals surface area contributed by atoms with E-state index in [1.807, 2.05) is 15.4 Å². The molecule has 1 aromatic carbocycles. The predicted octanol–water partition coefficient (Wildman–Crippen LogP) is 10.3. The Morgan fingerprint density at radius 3 is 1.84 bits per heavy atom. The second-order valence-electron chi connectivity index (χ2n) is 21.5. The Kier molecular flexibility index (Phi) is 12.0. The first-order valence-corrected chi connectivity index (χ1v) is 28.9. The summed E-state index contributed by atoms with van der Waals surface area (Å²) in [6.45, 7) is 41.8. The van der Waals surface area contributed by atoms with Crippen molar-refractivity contribution in [3.8, 4) is 11.4 Å². The molecule has 4 aromatic rings. The van der Waals surface area contributed by atoms with Crippen LogP contribution in [0.15, 0.2) is 43.0 Å². The van der Waals surface area contributed by atoms with Crippen molar-refractivity contribution in [2.75, 3.05) is 12.3 Å².